The average Bonchev–Trinajstić information content (AvgIpc) is 2.85. The van der Waals surface area contributed by atoms with Crippen LogP contribution in [0.25, 0.3) is 0 Å². The molecule has 1 heterocycles. The van der Waals surface area contributed by atoms with Gasteiger partial charge in [0.05, 0.1) is 11.4 Å². The first kappa shape index (κ1) is 16.4. The topological polar surface area (TPSA) is 63.4 Å². The van der Waals surface area contributed by atoms with E-state index in [4.69, 9.17) is 4.52 Å². The third-order valence-electron chi connectivity index (χ3n) is 3.68. The van der Waals surface area contributed by atoms with E-state index >= 15 is 0 Å². The summed E-state index contributed by atoms with van der Waals surface area (Å²) < 4.78 is 17.6. The number of carbonyl (C=O) groups excluding carboxylic acids is 1. The third kappa shape index (κ3) is 3.44. The van der Waals surface area contributed by atoms with Crippen LogP contribution in [0, 0.1) is 13.8 Å². The second-order valence-electron chi connectivity index (χ2n) is 5.20. The molecule has 0 aliphatic carbocycles. The summed E-state index contributed by atoms with van der Waals surface area (Å²) in [4.78, 5) is 14.0. The third-order valence-corrected chi connectivity index (χ3v) is 5.25. The molecule has 1 aromatic heterocycles. The molecule has 0 saturated heterocycles. The van der Waals surface area contributed by atoms with Crippen LogP contribution >= 0.6 is 0 Å². The summed E-state index contributed by atoms with van der Waals surface area (Å²) in [6.45, 7) is 5.29. The number of para-hydroxylation sites is 1. The van der Waals surface area contributed by atoms with Gasteiger partial charge in [0, 0.05) is 29.1 Å². The lowest BCUT2D eigenvalue weighted by Crippen LogP contribution is -2.37. The number of benzene rings is 1. The summed E-state index contributed by atoms with van der Waals surface area (Å²) in [6.07, 6.45) is 0. The van der Waals surface area contributed by atoms with Gasteiger partial charge in [0.2, 0.25) is 5.91 Å². The number of hydrogen-bond acceptors (Lipinski definition) is 4. The molecule has 22 heavy (non-hydrogen) atoms. The van der Waals surface area contributed by atoms with Gasteiger partial charge in [0.1, 0.15) is 11.0 Å². The van der Waals surface area contributed by atoms with E-state index in [0.29, 0.717) is 5.76 Å². The first-order valence-electron chi connectivity index (χ1n) is 7.03. The minimum atomic E-state index is -1.33. The molecule has 0 saturated carbocycles. The Kier molecular flexibility index (Phi) is 5.13. The second-order valence-corrected chi connectivity index (χ2v) is 6.96. The molecular formula is C16H20N2O3S. The quantitative estimate of drug-likeness (QED) is 0.849. The Bertz CT molecular complexity index is 662. The molecule has 0 aliphatic heterocycles. The fraction of sp³-hybridized carbons (Fsp3) is 0.375. The Labute approximate surface area is 132 Å². The van der Waals surface area contributed by atoms with E-state index in [0.717, 1.165) is 16.9 Å². The molecule has 6 heteroatoms. The molecule has 0 bridgehead atoms. The first-order valence-corrected chi connectivity index (χ1v) is 8.41. The zero-order chi connectivity index (χ0) is 16.3. The van der Waals surface area contributed by atoms with Gasteiger partial charge in [-0.15, -0.1) is 0 Å². The molecule has 5 nitrogen and oxygen atoms in total. The number of aryl methyl sites for hydroxylation is 2. The predicted octanol–water partition coefficient (Wildman–Crippen LogP) is 2.59. The Morgan fingerprint density at radius 2 is 1.95 bits per heavy atom. The highest BCUT2D eigenvalue weighted by atomic mass is 32.2. The van der Waals surface area contributed by atoms with Gasteiger partial charge in [-0.2, -0.15) is 0 Å². The Morgan fingerprint density at radius 1 is 1.32 bits per heavy atom. The number of rotatable bonds is 5. The van der Waals surface area contributed by atoms with E-state index in [1.165, 1.54) is 4.90 Å². The number of carbonyl (C=O) groups is 1. The lowest BCUT2D eigenvalue weighted by Gasteiger charge is -2.21. The maximum atomic E-state index is 12.5. The van der Waals surface area contributed by atoms with Gasteiger partial charge in [0.25, 0.3) is 0 Å². The summed E-state index contributed by atoms with van der Waals surface area (Å²) in [5, 5.41) is 3.25. The molecule has 2 aromatic rings. The van der Waals surface area contributed by atoms with Crippen LogP contribution in [0.15, 0.2) is 34.9 Å². The van der Waals surface area contributed by atoms with Crippen LogP contribution < -0.4 is 4.90 Å². The van der Waals surface area contributed by atoms with E-state index in [2.05, 4.69) is 5.16 Å². The van der Waals surface area contributed by atoms with Crippen molar-refractivity contribution in [2.24, 2.45) is 0 Å². The van der Waals surface area contributed by atoms with Crippen LogP contribution in [0.3, 0.4) is 0 Å². The minimum absolute atomic E-state index is 0.170. The Morgan fingerprint density at radius 3 is 2.50 bits per heavy atom. The molecule has 1 amide bonds. The van der Waals surface area contributed by atoms with Crippen molar-refractivity contribution in [1.82, 2.24) is 5.16 Å². The first-order chi connectivity index (χ1) is 10.4. The summed E-state index contributed by atoms with van der Waals surface area (Å²) in [5.41, 5.74) is 2.33. The highest BCUT2D eigenvalue weighted by Gasteiger charge is 2.25. The van der Waals surface area contributed by atoms with Gasteiger partial charge < -0.3 is 9.42 Å². The fourth-order valence-corrected chi connectivity index (χ4v) is 3.47. The summed E-state index contributed by atoms with van der Waals surface area (Å²) in [5.74, 6) is 0.759. The molecule has 0 unspecified atom stereocenters. The van der Waals surface area contributed by atoms with Crippen molar-refractivity contribution in [2.75, 3.05) is 11.9 Å². The molecule has 2 rings (SSSR count). The van der Waals surface area contributed by atoms with Gasteiger partial charge in [-0.05, 0) is 32.9 Å². The normalized spacial score (nSPS) is 13.6. The van der Waals surface area contributed by atoms with Crippen LogP contribution in [-0.4, -0.2) is 27.6 Å². The lowest BCUT2D eigenvalue weighted by atomic mass is 10.2. The van der Waals surface area contributed by atoms with Crippen molar-refractivity contribution >= 4 is 22.4 Å². The predicted molar refractivity (Wildman–Crippen MR) is 87.1 cm³/mol. The van der Waals surface area contributed by atoms with E-state index in [9.17, 15) is 9.00 Å². The lowest BCUT2D eigenvalue weighted by molar-refractivity contribution is -0.117. The summed E-state index contributed by atoms with van der Waals surface area (Å²) >= 11 is 0. The molecule has 0 spiro atoms. The molecule has 1 aromatic carbocycles. The zero-order valence-corrected chi connectivity index (χ0v) is 14.0. The van der Waals surface area contributed by atoms with Crippen molar-refractivity contribution in [3.8, 4) is 0 Å². The van der Waals surface area contributed by atoms with Crippen LogP contribution in [0.5, 0.6) is 0 Å². The highest BCUT2D eigenvalue weighted by Crippen LogP contribution is 2.18. The fourth-order valence-electron chi connectivity index (χ4n) is 2.14. The molecule has 0 radical (unpaired) electrons. The van der Waals surface area contributed by atoms with E-state index in [1.807, 2.05) is 37.3 Å². The van der Waals surface area contributed by atoms with Crippen molar-refractivity contribution in [2.45, 2.75) is 31.8 Å². The van der Waals surface area contributed by atoms with Crippen LogP contribution in [0.4, 0.5) is 5.69 Å². The maximum Gasteiger partial charge on any atom is 0.242 e. The number of anilines is 1. The van der Waals surface area contributed by atoms with Gasteiger partial charge in [-0.3, -0.25) is 9.00 Å². The standard InChI is InChI=1S/C16H20N2O3S/c1-11-15(12(2)21-17-11)10-22(20)13(3)16(19)18(4)14-8-6-5-7-9-14/h5-9,13H,10H2,1-4H3/t13-,22-/m1/s1. The average molecular weight is 320 g/mol. The molecule has 0 N–H and O–H groups in total. The molecule has 2 atom stereocenters. The van der Waals surface area contributed by atoms with E-state index in [1.54, 1.807) is 20.9 Å². The maximum absolute atomic E-state index is 12.5. The van der Waals surface area contributed by atoms with Crippen molar-refractivity contribution < 1.29 is 13.5 Å². The largest absolute Gasteiger partial charge is 0.361 e. The zero-order valence-electron chi connectivity index (χ0n) is 13.2. The Balaban J connectivity index is 2.09. The highest BCUT2D eigenvalue weighted by molar-refractivity contribution is 7.85. The number of aromatic nitrogens is 1. The van der Waals surface area contributed by atoms with Gasteiger partial charge in [-0.1, -0.05) is 23.4 Å². The van der Waals surface area contributed by atoms with Gasteiger partial charge >= 0.3 is 0 Å². The monoisotopic (exact) mass is 320 g/mol. The van der Waals surface area contributed by atoms with Crippen molar-refractivity contribution in [1.29, 1.82) is 0 Å². The summed E-state index contributed by atoms with van der Waals surface area (Å²) in [6, 6.07) is 9.32. The minimum Gasteiger partial charge on any atom is -0.361 e. The van der Waals surface area contributed by atoms with Crippen molar-refractivity contribution in [3.05, 3.63) is 47.3 Å². The van der Waals surface area contributed by atoms with E-state index < -0.39 is 16.0 Å². The smallest absolute Gasteiger partial charge is 0.242 e. The van der Waals surface area contributed by atoms with Crippen LogP contribution in [0.2, 0.25) is 0 Å². The molecule has 0 fully saturated rings. The van der Waals surface area contributed by atoms with Gasteiger partial charge in [-0.25, -0.2) is 0 Å². The number of amides is 1. The molecule has 0 aliphatic rings. The van der Waals surface area contributed by atoms with Gasteiger partial charge in [0.15, 0.2) is 0 Å². The van der Waals surface area contributed by atoms with Crippen LogP contribution in [0.1, 0.15) is 23.9 Å². The van der Waals surface area contributed by atoms with Crippen molar-refractivity contribution in [3.63, 3.8) is 0 Å². The Hall–Kier alpha value is -1.95. The summed E-state index contributed by atoms with van der Waals surface area (Å²) in [7, 11) is 0.365. The number of hydrogen-bond donors (Lipinski definition) is 0. The second kappa shape index (κ2) is 6.87. The SMILES string of the molecule is Cc1noc(C)c1C[S@@](=O)[C@H](C)C(=O)N(C)c1ccccc1. The molecular weight excluding hydrogens is 300 g/mol. The van der Waals surface area contributed by atoms with E-state index in [-0.39, 0.29) is 11.7 Å². The number of nitrogens with zero attached hydrogens (tertiary/aromatic N) is 2. The van der Waals surface area contributed by atoms with Crippen LogP contribution in [-0.2, 0) is 21.3 Å². The molecule has 118 valence electrons.